The number of hydrogen-bond donors (Lipinski definition) is 0. The van der Waals surface area contributed by atoms with Gasteiger partial charge in [0.2, 0.25) is 5.88 Å². The molecule has 0 amide bonds. The van der Waals surface area contributed by atoms with Crippen molar-refractivity contribution < 1.29 is 34.1 Å². The third-order valence-electron chi connectivity index (χ3n) is 5.59. The second-order valence-electron chi connectivity index (χ2n) is 7.88. The number of nitrogens with zero attached hydrogens (tertiary/aromatic N) is 3. The summed E-state index contributed by atoms with van der Waals surface area (Å²) in [5.74, 6) is 2.14. The summed E-state index contributed by atoms with van der Waals surface area (Å²) in [5, 5.41) is 16.2. The number of carbonyl (C=O) groups is 1. The number of aromatic nitrogens is 2. The molecule has 37 heavy (non-hydrogen) atoms. The monoisotopic (exact) mass is 509 g/mol. The number of carbonyl (C=O) groups excluding carboxylic acids is 1. The van der Waals surface area contributed by atoms with Crippen LogP contribution in [0.5, 0.6) is 23.1 Å². The van der Waals surface area contributed by atoms with Crippen molar-refractivity contribution in [3.05, 3.63) is 81.9 Å². The van der Waals surface area contributed by atoms with Crippen molar-refractivity contribution in [2.24, 2.45) is 0 Å². The predicted molar refractivity (Wildman–Crippen MR) is 136 cm³/mol. The first kappa shape index (κ1) is 27.0. The standard InChI is InChI=1S/C26H25N3O7.H2O/c1-17(30)18-4-11-25(34-3)19(14-18)16-36-26-23-15-22(33-2)9-10-24(23)28(27-26)12-13-35-21-7-5-20(6-8-21)29(31)32;/h4-11,14-15H,12-13,16H2,1-3H3;1H2. The molecule has 0 aliphatic carbocycles. The lowest BCUT2D eigenvalue weighted by molar-refractivity contribution is -0.384. The number of benzene rings is 3. The van der Waals surface area contributed by atoms with E-state index in [1.807, 2.05) is 18.2 Å². The summed E-state index contributed by atoms with van der Waals surface area (Å²) in [5.41, 5.74) is 2.11. The molecule has 4 rings (SSSR count). The molecule has 3 aromatic carbocycles. The van der Waals surface area contributed by atoms with Crippen molar-refractivity contribution in [3.8, 4) is 23.1 Å². The zero-order valence-electron chi connectivity index (χ0n) is 20.6. The normalized spacial score (nSPS) is 10.5. The number of methoxy groups -OCH3 is 2. The summed E-state index contributed by atoms with van der Waals surface area (Å²) < 4.78 is 24.4. The van der Waals surface area contributed by atoms with Gasteiger partial charge in [0.25, 0.3) is 5.69 Å². The van der Waals surface area contributed by atoms with Crippen molar-refractivity contribution in [1.82, 2.24) is 9.78 Å². The molecule has 0 fully saturated rings. The highest BCUT2D eigenvalue weighted by atomic mass is 16.6. The van der Waals surface area contributed by atoms with Crippen molar-refractivity contribution >= 4 is 22.4 Å². The predicted octanol–water partition coefficient (Wildman–Crippen LogP) is 4.00. The van der Waals surface area contributed by atoms with Gasteiger partial charge < -0.3 is 24.4 Å². The maximum absolute atomic E-state index is 11.8. The van der Waals surface area contributed by atoms with Crippen molar-refractivity contribution in [3.63, 3.8) is 0 Å². The van der Waals surface area contributed by atoms with E-state index in [1.54, 1.807) is 49.2 Å². The fourth-order valence-electron chi connectivity index (χ4n) is 3.70. The Hall–Kier alpha value is -4.64. The van der Waals surface area contributed by atoms with E-state index in [2.05, 4.69) is 5.10 Å². The van der Waals surface area contributed by atoms with Gasteiger partial charge in [-0.2, -0.15) is 0 Å². The van der Waals surface area contributed by atoms with Gasteiger partial charge in [-0.3, -0.25) is 19.6 Å². The van der Waals surface area contributed by atoms with Gasteiger partial charge in [0.15, 0.2) is 5.78 Å². The summed E-state index contributed by atoms with van der Waals surface area (Å²) in [6.07, 6.45) is 0. The Morgan fingerprint density at radius 3 is 2.35 bits per heavy atom. The molecule has 0 aliphatic heterocycles. The molecule has 0 saturated carbocycles. The largest absolute Gasteiger partial charge is 0.497 e. The molecule has 4 aromatic rings. The second kappa shape index (κ2) is 11.9. The van der Waals surface area contributed by atoms with Gasteiger partial charge in [-0.25, -0.2) is 0 Å². The molecule has 11 heteroatoms. The van der Waals surface area contributed by atoms with Crippen LogP contribution < -0.4 is 18.9 Å². The molecule has 0 spiro atoms. The summed E-state index contributed by atoms with van der Waals surface area (Å²) in [7, 11) is 3.15. The van der Waals surface area contributed by atoms with Gasteiger partial charge >= 0.3 is 0 Å². The van der Waals surface area contributed by atoms with Crippen LogP contribution in [0.3, 0.4) is 0 Å². The molecular weight excluding hydrogens is 482 g/mol. The SMILES string of the molecule is COc1ccc2c(c1)c(OCc1cc(C(C)=O)ccc1OC)nn2CCOc1ccc([N+](=O)[O-])cc1.O. The average molecular weight is 510 g/mol. The molecule has 0 atom stereocenters. The van der Waals surface area contributed by atoms with Crippen LogP contribution >= 0.6 is 0 Å². The molecule has 0 bridgehead atoms. The molecule has 1 heterocycles. The smallest absolute Gasteiger partial charge is 0.269 e. The molecule has 2 N–H and O–H groups in total. The van der Waals surface area contributed by atoms with Gasteiger partial charge in [-0.1, -0.05) is 0 Å². The number of nitro benzene ring substituents is 1. The van der Waals surface area contributed by atoms with Crippen LogP contribution in [0.25, 0.3) is 10.9 Å². The number of non-ortho nitro benzene ring substituents is 1. The van der Waals surface area contributed by atoms with Gasteiger partial charge in [0.05, 0.1) is 36.6 Å². The molecule has 0 saturated heterocycles. The van der Waals surface area contributed by atoms with Crippen LogP contribution in [0.2, 0.25) is 0 Å². The Balaban J connectivity index is 0.00000380. The molecule has 0 unspecified atom stereocenters. The molecule has 194 valence electrons. The topological polar surface area (TPSA) is 146 Å². The minimum atomic E-state index is -0.457. The van der Waals surface area contributed by atoms with Crippen LogP contribution in [-0.2, 0) is 13.2 Å². The Kier molecular flexibility index (Phi) is 8.64. The van der Waals surface area contributed by atoms with E-state index >= 15 is 0 Å². The first-order valence-electron chi connectivity index (χ1n) is 11.1. The van der Waals surface area contributed by atoms with Gasteiger partial charge in [-0.15, -0.1) is 5.10 Å². The summed E-state index contributed by atoms with van der Waals surface area (Å²) in [4.78, 5) is 22.2. The van der Waals surface area contributed by atoms with Gasteiger partial charge in [0, 0.05) is 23.3 Å². The lowest BCUT2D eigenvalue weighted by atomic mass is 10.1. The third kappa shape index (κ3) is 6.14. The Bertz CT molecular complexity index is 1400. The lowest BCUT2D eigenvalue weighted by Gasteiger charge is -2.10. The first-order chi connectivity index (χ1) is 17.4. The second-order valence-corrected chi connectivity index (χ2v) is 7.88. The summed E-state index contributed by atoms with van der Waals surface area (Å²) >= 11 is 0. The number of nitro groups is 1. The van der Waals surface area contributed by atoms with Crippen molar-refractivity contribution in [2.45, 2.75) is 20.1 Å². The van der Waals surface area contributed by atoms with E-state index in [9.17, 15) is 14.9 Å². The first-order valence-corrected chi connectivity index (χ1v) is 11.1. The Morgan fingerprint density at radius 1 is 0.973 bits per heavy atom. The van der Waals surface area contributed by atoms with Crippen LogP contribution in [0.4, 0.5) is 5.69 Å². The van der Waals surface area contributed by atoms with Crippen molar-refractivity contribution in [1.29, 1.82) is 0 Å². The Labute approximate surface area is 212 Å². The quantitative estimate of drug-likeness (QED) is 0.167. The average Bonchev–Trinajstić information content (AvgIpc) is 3.24. The highest BCUT2D eigenvalue weighted by Gasteiger charge is 2.15. The number of rotatable bonds is 11. The molecule has 1 aromatic heterocycles. The Morgan fingerprint density at radius 2 is 1.70 bits per heavy atom. The third-order valence-corrected chi connectivity index (χ3v) is 5.59. The number of ether oxygens (including phenoxy) is 4. The van der Waals surface area contributed by atoms with Gasteiger partial charge in [0.1, 0.15) is 30.5 Å². The van der Waals surface area contributed by atoms with Crippen LogP contribution in [0.1, 0.15) is 22.8 Å². The fourth-order valence-corrected chi connectivity index (χ4v) is 3.70. The lowest BCUT2D eigenvalue weighted by Crippen LogP contribution is -2.09. The van der Waals surface area contributed by atoms with Crippen LogP contribution in [-0.4, -0.2) is 46.8 Å². The number of ketones is 1. The highest BCUT2D eigenvalue weighted by Crippen LogP contribution is 2.31. The zero-order chi connectivity index (χ0) is 25.7. The molecule has 0 radical (unpaired) electrons. The van der Waals surface area contributed by atoms with E-state index in [1.165, 1.54) is 19.1 Å². The molecule has 11 nitrogen and oxygen atoms in total. The maximum Gasteiger partial charge on any atom is 0.269 e. The minimum Gasteiger partial charge on any atom is -0.497 e. The zero-order valence-corrected chi connectivity index (χ0v) is 20.6. The number of fused-ring (bicyclic) bond motifs is 1. The number of hydrogen-bond acceptors (Lipinski definition) is 8. The summed E-state index contributed by atoms with van der Waals surface area (Å²) in [6, 6.07) is 16.7. The van der Waals surface area contributed by atoms with E-state index in [0.717, 1.165) is 16.5 Å². The molecule has 0 aliphatic rings. The van der Waals surface area contributed by atoms with Crippen LogP contribution in [0, 0.1) is 10.1 Å². The van der Waals surface area contributed by atoms with E-state index in [-0.39, 0.29) is 30.2 Å². The van der Waals surface area contributed by atoms with Crippen molar-refractivity contribution in [2.75, 3.05) is 20.8 Å². The minimum absolute atomic E-state index is 0. The van der Waals surface area contributed by atoms with E-state index in [0.29, 0.717) is 35.2 Å². The van der Waals surface area contributed by atoms with E-state index < -0.39 is 4.92 Å². The van der Waals surface area contributed by atoms with Crippen LogP contribution in [0.15, 0.2) is 60.7 Å². The fraction of sp³-hybridized carbons (Fsp3) is 0.231. The molecular formula is C26H27N3O8. The van der Waals surface area contributed by atoms with Gasteiger partial charge in [-0.05, 0) is 55.5 Å². The summed E-state index contributed by atoms with van der Waals surface area (Å²) in [6.45, 7) is 2.35. The highest BCUT2D eigenvalue weighted by molar-refractivity contribution is 5.94. The van der Waals surface area contributed by atoms with E-state index in [4.69, 9.17) is 18.9 Å². The number of Topliss-reactive ketones (excluding diaryl/α,β-unsaturated/α-hetero) is 1. The maximum atomic E-state index is 11.8.